The number of halogens is 1. The number of methoxy groups -OCH3 is 2. The van der Waals surface area contributed by atoms with Gasteiger partial charge in [0, 0.05) is 6.54 Å². The minimum atomic E-state index is -0.374. The summed E-state index contributed by atoms with van der Waals surface area (Å²) in [7, 11) is 6.94. The topological polar surface area (TPSA) is 90.2 Å². The number of esters is 1. The number of carbonyl (C=O) groups is 2. The highest BCUT2D eigenvalue weighted by Crippen LogP contribution is 2.45. The molecule has 8 nitrogen and oxygen atoms in total. The van der Waals surface area contributed by atoms with Crippen molar-refractivity contribution in [3.8, 4) is 11.5 Å². The molecule has 0 atom stereocenters. The first kappa shape index (κ1) is 30.9. The van der Waals surface area contributed by atoms with E-state index in [1.165, 1.54) is 23.9 Å². The van der Waals surface area contributed by atoms with E-state index in [1.54, 1.807) is 38.7 Å². The largest absolute Gasteiger partial charge is 0.495 e. The Bertz CT molecular complexity index is 1470. The molecule has 1 aliphatic rings. The lowest BCUT2D eigenvalue weighted by molar-refractivity contribution is -0.140. The van der Waals surface area contributed by atoms with E-state index in [0.29, 0.717) is 40.9 Å². The number of rotatable bonds is 13. The van der Waals surface area contributed by atoms with E-state index in [2.05, 4.69) is 5.32 Å². The molecule has 0 bridgehead atoms. The predicted molar refractivity (Wildman–Crippen MR) is 162 cm³/mol. The zero-order chi connectivity index (χ0) is 30.2. The minimum absolute atomic E-state index is 0.0905. The Kier molecular flexibility index (Phi) is 10.5. The van der Waals surface area contributed by atoms with E-state index in [-0.39, 0.29) is 36.4 Å². The van der Waals surface area contributed by atoms with Crippen molar-refractivity contribution in [3.63, 3.8) is 0 Å². The number of nitrogens with one attached hydrogen (secondary N) is 1. The SMILES string of the molecule is COc1cc(/C=C2/C(C)=C(CC(=O)NCc3ccco3)c3cc(F)ccc32)cc(OC)c1SCC(=O)OCCN(C)C. The summed E-state index contributed by atoms with van der Waals surface area (Å²) < 4.78 is 36.3. The normalized spacial score (nSPS) is 13.5. The molecule has 1 N–H and O–H groups in total. The maximum Gasteiger partial charge on any atom is 0.316 e. The summed E-state index contributed by atoms with van der Waals surface area (Å²) in [5.41, 5.74) is 4.81. The van der Waals surface area contributed by atoms with E-state index in [9.17, 15) is 14.0 Å². The lowest BCUT2D eigenvalue weighted by atomic mass is 10.0. The molecule has 1 heterocycles. The van der Waals surface area contributed by atoms with Gasteiger partial charge in [-0.25, -0.2) is 4.39 Å². The van der Waals surface area contributed by atoms with Crippen LogP contribution in [0.15, 0.2) is 63.6 Å². The molecule has 10 heteroatoms. The lowest BCUT2D eigenvalue weighted by Gasteiger charge is -2.15. The summed E-state index contributed by atoms with van der Waals surface area (Å²) in [6.07, 6.45) is 3.61. The number of fused-ring (bicyclic) bond motifs is 1. The second-order valence-corrected chi connectivity index (χ2v) is 10.9. The van der Waals surface area contributed by atoms with Crippen LogP contribution in [0.1, 0.15) is 35.8 Å². The average molecular weight is 595 g/mol. The van der Waals surface area contributed by atoms with E-state index < -0.39 is 0 Å². The first-order chi connectivity index (χ1) is 20.2. The highest BCUT2D eigenvalue weighted by molar-refractivity contribution is 8.00. The highest BCUT2D eigenvalue weighted by atomic mass is 32.2. The third-order valence-corrected chi connectivity index (χ3v) is 7.83. The zero-order valence-corrected chi connectivity index (χ0v) is 25.2. The molecule has 0 fully saturated rings. The van der Waals surface area contributed by atoms with Crippen LogP contribution in [0.2, 0.25) is 0 Å². The van der Waals surface area contributed by atoms with Crippen molar-refractivity contribution in [2.45, 2.75) is 24.8 Å². The Hall–Kier alpha value is -4.02. The summed E-state index contributed by atoms with van der Waals surface area (Å²) in [4.78, 5) is 27.7. The fourth-order valence-electron chi connectivity index (χ4n) is 4.61. The standard InChI is InChI=1S/C32H35FN2O6S/c1-20-25(24-9-8-22(33)16-27(24)26(20)17-30(36)34-18-23-7-6-11-40-23)13-21-14-28(38-4)32(29(15-21)39-5)42-19-31(37)41-12-10-35(2)3/h6-9,11,13-16H,10,12,17-19H2,1-5H3,(H,34,36)/b25-13-. The molecule has 1 amide bonds. The van der Waals surface area contributed by atoms with Crippen LogP contribution in [0.25, 0.3) is 17.2 Å². The molecule has 0 aliphatic heterocycles. The van der Waals surface area contributed by atoms with Crippen LogP contribution in [-0.4, -0.2) is 64.0 Å². The van der Waals surface area contributed by atoms with Crippen molar-refractivity contribution >= 4 is 40.9 Å². The number of benzene rings is 2. The van der Waals surface area contributed by atoms with Crippen molar-refractivity contribution in [3.05, 3.63) is 82.6 Å². The van der Waals surface area contributed by atoms with E-state index in [1.807, 2.05) is 44.1 Å². The second kappa shape index (κ2) is 14.2. The molecule has 0 spiro atoms. The van der Waals surface area contributed by atoms with Gasteiger partial charge in [-0.2, -0.15) is 0 Å². The maximum absolute atomic E-state index is 14.3. The Balaban J connectivity index is 1.59. The molecule has 0 saturated carbocycles. The number of amides is 1. The van der Waals surface area contributed by atoms with Gasteiger partial charge in [0.1, 0.15) is 29.7 Å². The lowest BCUT2D eigenvalue weighted by Crippen LogP contribution is -2.22. The van der Waals surface area contributed by atoms with Gasteiger partial charge in [-0.3, -0.25) is 9.59 Å². The number of allylic oxidation sites excluding steroid dienone is 2. The van der Waals surface area contributed by atoms with Gasteiger partial charge in [-0.05, 0) is 96.9 Å². The molecule has 0 saturated heterocycles. The Morgan fingerprint density at radius 3 is 2.45 bits per heavy atom. The number of nitrogens with zero attached hydrogens (tertiary/aromatic N) is 1. The summed E-state index contributed by atoms with van der Waals surface area (Å²) >= 11 is 1.28. The molecule has 0 unspecified atom stereocenters. The van der Waals surface area contributed by atoms with Crippen LogP contribution in [0, 0.1) is 5.82 Å². The third kappa shape index (κ3) is 7.63. The number of thioether (sulfide) groups is 1. The van der Waals surface area contributed by atoms with E-state index in [4.69, 9.17) is 18.6 Å². The summed E-state index contributed by atoms with van der Waals surface area (Å²) in [5, 5.41) is 2.86. The number of furan rings is 1. The van der Waals surface area contributed by atoms with Crippen LogP contribution < -0.4 is 14.8 Å². The molecule has 4 rings (SSSR count). The average Bonchev–Trinajstić information content (AvgIpc) is 3.57. The van der Waals surface area contributed by atoms with Gasteiger partial charge in [0.15, 0.2) is 0 Å². The Morgan fingerprint density at radius 2 is 1.81 bits per heavy atom. The molecule has 1 aliphatic carbocycles. The van der Waals surface area contributed by atoms with E-state index in [0.717, 1.165) is 27.8 Å². The molecule has 2 aromatic carbocycles. The number of ether oxygens (including phenoxy) is 3. The number of hydrogen-bond donors (Lipinski definition) is 1. The van der Waals surface area contributed by atoms with Gasteiger partial charge in [0.25, 0.3) is 0 Å². The fraction of sp³-hybridized carbons (Fsp3) is 0.312. The first-order valence-electron chi connectivity index (χ1n) is 13.4. The molecule has 1 aromatic heterocycles. The molecule has 42 heavy (non-hydrogen) atoms. The van der Waals surface area contributed by atoms with Gasteiger partial charge in [-0.1, -0.05) is 6.07 Å². The van der Waals surface area contributed by atoms with Gasteiger partial charge in [-0.15, -0.1) is 11.8 Å². The Labute approximate surface area is 249 Å². The van der Waals surface area contributed by atoms with Crippen molar-refractivity contribution in [2.24, 2.45) is 0 Å². The summed E-state index contributed by atoms with van der Waals surface area (Å²) in [6.45, 7) is 3.17. The summed E-state index contributed by atoms with van der Waals surface area (Å²) in [6, 6.07) is 11.9. The minimum Gasteiger partial charge on any atom is -0.495 e. The van der Waals surface area contributed by atoms with Crippen molar-refractivity contribution < 1.29 is 32.6 Å². The number of hydrogen-bond acceptors (Lipinski definition) is 8. The third-order valence-electron chi connectivity index (χ3n) is 6.76. The molecular formula is C32H35FN2O6S. The van der Waals surface area contributed by atoms with Crippen molar-refractivity contribution in [1.29, 1.82) is 0 Å². The van der Waals surface area contributed by atoms with Crippen molar-refractivity contribution in [2.75, 3.05) is 47.2 Å². The predicted octanol–water partition coefficient (Wildman–Crippen LogP) is 5.67. The first-order valence-corrected chi connectivity index (χ1v) is 14.4. The Morgan fingerprint density at radius 1 is 1.07 bits per heavy atom. The number of carbonyl (C=O) groups excluding carboxylic acids is 2. The van der Waals surface area contributed by atoms with Crippen LogP contribution in [0.4, 0.5) is 4.39 Å². The van der Waals surface area contributed by atoms with Gasteiger partial charge >= 0.3 is 5.97 Å². The van der Waals surface area contributed by atoms with Crippen LogP contribution in [-0.2, 0) is 20.9 Å². The fourth-order valence-corrected chi connectivity index (χ4v) is 5.53. The summed E-state index contributed by atoms with van der Waals surface area (Å²) in [5.74, 6) is 0.954. The molecular weight excluding hydrogens is 559 g/mol. The monoisotopic (exact) mass is 594 g/mol. The molecule has 222 valence electrons. The van der Waals surface area contributed by atoms with Crippen LogP contribution in [0.5, 0.6) is 11.5 Å². The highest BCUT2D eigenvalue weighted by Gasteiger charge is 2.26. The number of likely N-dealkylation sites (N-methyl/N-ethyl adjacent to an activating group) is 1. The zero-order valence-electron chi connectivity index (χ0n) is 24.4. The molecule has 0 radical (unpaired) electrons. The van der Waals surface area contributed by atoms with Gasteiger partial charge < -0.3 is 28.8 Å². The quantitative estimate of drug-likeness (QED) is 0.200. The van der Waals surface area contributed by atoms with Crippen molar-refractivity contribution in [1.82, 2.24) is 10.2 Å². The second-order valence-electron chi connectivity index (χ2n) is 9.95. The van der Waals surface area contributed by atoms with Gasteiger partial charge in [0.05, 0.1) is 44.1 Å². The van der Waals surface area contributed by atoms with Crippen LogP contribution >= 0.6 is 11.8 Å². The smallest absolute Gasteiger partial charge is 0.316 e. The van der Waals surface area contributed by atoms with Crippen LogP contribution in [0.3, 0.4) is 0 Å². The maximum atomic E-state index is 14.3. The molecule has 3 aromatic rings. The van der Waals surface area contributed by atoms with Gasteiger partial charge in [0.2, 0.25) is 5.91 Å². The van der Waals surface area contributed by atoms with E-state index >= 15 is 0 Å².